The quantitative estimate of drug-likeness (QED) is 0.642. The van der Waals surface area contributed by atoms with Gasteiger partial charge in [-0.1, -0.05) is 13.8 Å². The maximum Gasteiger partial charge on any atom is 0.00884 e. The minimum absolute atomic E-state index is 0.760. The van der Waals surface area contributed by atoms with Gasteiger partial charge in [-0.2, -0.15) is 0 Å². The molecule has 0 aromatic carbocycles. The van der Waals surface area contributed by atoms with Crippen LogP contribution in [0.1, 0.15) is 33.1 Å². The lowest BCUT2D eigenvalue weighted by Gasteiger charge is -2.31. The molecule has 3 heteroatoms. The SMILES string of the molecule is CNC1CCN(CCCNCC(C)C)CC1. The second-order valence-electron chi connectivity index (χ2n) is 5.36. The third kappa shape index (κ3) is 5.83. The molecule has 0 bridgehead atoms. The Morgan fingerprint density at radius 2 is 1.94 bits per heavy atom. The first-order valence-corrected chi connectivity index (χ1v) is 6.82. The molecule has 0 spiro atoms. The highest BCUT2D eigenvalue weighted by Gasteiger charge is 2.16. The van der Waals surface area contributed by atoms with Gasteiger partial charge in [-0.15, -0.1) is 0 Å². The van der Waals surface area contributed by atoms with Gasteiger partial charge in [-0.05, 0) is 65.0 Å². The summed E-state index contributed by atoms with van der Waals surface area (Å²) in [5.74, 6) is 0.770. The van der Waals surface area contributed by atoms with Gasteiger partial charge < -0.3 is 15.5 Å². The van der Waals surface area contributed by atoms with Gasteiger partial charge in [0.25, 0.3) is 0 Å². The maximum atomic E-state index is 3.51. The third-order valence-corrected chi connectivity index (χ3v) is 3.38. The molecule has 0 radical (unpaired) electrons. The molecule has 16 heavy (non-hydrogen) atoms. The highest BCUT2D eigenvalue weighted by Crippen LogP contribution is 2.09. The molecular weight excluding hydrogens is 198 g/mol. The molecule has 1 aliphatic heterocycles. The average Bonchev–Trinajstić information content (AvgIpc) is 2.29. The first-order chi connectivity index (χ1) is 7.72. The Morgan fingerprint density at radius 1 is 1.25 bits per heavy atom. The van der Waals surface area contributed by atoms with Crippen LogP contribution < -0.4 is 10.6 Å². The molecule has 3 nitrogen and oxygen atoms in total. The number of hydrogen-bond acceptors (Lipinski definition) is 3. The molecule has 0 saturated carbocycles. The normalized spacial score (nSPS) is 19.5. The van der Waals surface area contributed by atoms with Gasteiger partial charge in [0.15, 0.2) is 0 Å². The summed E-state index contributed by atoms with van der Waals surface area (Å²) in [7, 11) is 2.08. The van der Waals surface area contributed by atoms with E-state index in [0.29, 0.717) is 0 Å². The highest BCUT2D eigenvalue weighted by molar-refractivity contribution is 4.75. The predicted molar refractivity (Wildman–Crippen MR) is 70.8 cm³/mol. The fourth-order valence-electron chi connectivity index (χ4n) is 2.26. The number of likely N-dealkylation sites (tertiary alicyclic amines) is 1. The summed E-state index contributed by atoms with van der Waals surface area (Å²) >= 11 is 0. The van der Waals surface area contributed by atoms with Gasteiger partial charge in [0.2, 0.25) is 0 Å². The zero-order valence-corrected chi connectivity index (χ0v) is 11.3. The smallest absolute Gasteiger partial charge is 0.00884 e. The van der Waals surface area contributed by atoms with E-state index in [2.05, 4.69) is 36.4 Å². The van der Waals surface area contributed by atoms with Crippen LogP contribution in [0.4, 0.5) is 0 Å². The van der Waals surface area contributed by atoms with E-state index in [0.717, 1.165) is 18.5 Å². The van der Waals surface area contributed by atoms with E-state index >= 15 is 0 Å². The van der Waals surface area contributed by atoms with Crippen molar-refractivity contribution >= 4 is 0 Å². The monoisotopic (exact) mass is 227 g/mol. The topological polar surface area (TPSA) is 27.3 Å². The van der Waals surface area contributed by atoms with Crippen LogP contribution in [0, 0.1) is 5.92 Å². The van der Waals surface area contributed by atoms with E-state index < -0.39 is 0 Å². The van der Waals surface area contributed by atoms with E-state index in [1.165, 1.54) is 45.4 Å². The van der Waals surface area contributed by atoms with Crippen molar-refractivity contribution in [3.8, 4) is 0 Å². The van der Waals surface area contributed by atoms with Crippen molar-refractivity contribution in [2.75, 3.05) is 39.8 Å². The molecule has 2 N–H and O–H groups in total. The van der Waals surface area contributed by atoms with Crippen LogP contribution in [-0.2, 0) is 0 Å². The second-order valence-corrected chi connectivity index (χ2v) is 5.36. The maximum absolute atomic E-state index is 3.51. The van der Waals surface area contributed by atoms with Crippen molar-refractivity contribution in [1.29, 1.82) is 0 Å². The van der Waals surface area contributed by atoms with Gasteiger partial charge in [0.05, 0.1) is 0 Å². The molecule has 0 aromatic heterocycles. The Morgan fingerprint density at radius 3 is 2.50 bits per heavy atom. The fourth-order valence-corrected chi connectivity index (χ4v) is 2.26. The molecule has 1 saturated heterocycles. The number of hydrogen-bond donors (Lipinski definition) is 2. The van der Waals surface area contributed by atoms with Crippen LogP contribution in [0.5, 0.6) is 0 Å². The Hall–Kier alpha value is -0.120. The van der Waals surface area contributed by atoms with Gasteiger partial charge in [-0.25, -0.2) is 0 Å². The Kier molecular flexibility index (Phi) is 7.01. The summed E-state index contributed by atoms with van der Waals surface area (Å²) in [6.07, 6.45) is 3.92. The Labute approximate surface area is 101 Å². The van der Waals surface area contributed by atoms with Crippen molar-refractivity contribution in [2.24, 2.45) is 5.92 Å². The molecule has 1 fully saturated rings. The van der Waals surface area contributed by atoms with Crippen LogP contribution in [-0.4, -0.2) is 50.7 Å². The summed E-state index contributed by atoms with van der Waals surface area (Å²) in [6.45, 7) is 10.7. The van der Waals surface area contributed by atoms with Crippen LogP contribution >= 0.6 is 0 Å². The summed E-state index contributed by atoms with van der Waals surface area (Å²) < 4.78 is 0. The van der Waals surface area contributed by atoms with Gasteiger partial charge in [0, 0.05) is 6.04 Å². The Bertz CT molecular complexity index is 163. The molecule has 0 aliphatic carbocycles. The lowest BCUT2D eigenvalue weighted by Crippen LogP contribution is -2.42. The molecule has 1 heterocycles. The van der Waals surface area contributed by atoms with Crippen molar-refractivity contribution in [1.82, 2.24) is 15.5 Å². The number of piperidine rings is 1. The molecule has 0 aromatic rings. The lowest BCUT2D eigenvalue weighted by atomic mass is 10.1. The summed E-state index contributed by atoms with van der Waals surface area (Å²) in [5, 5.41) is 6.88. The molecule has 0 unspecified atom stereocenters. The fraction of sp³-hybridized carbons (Fsp3) is 1.00. The predicted octanol–water partition coefficient (Wildman–Crippen LogP) is 1.31. The number of rotatable bonds is 7. The van der Waals surface area contributed by atoms with E-state index in [-0.39, 0.29) is 0 Å². The molecular formula is C13H29N3. The third-order valence-electron chi connectivity index (χ3n) is 3.38. The van der Waals surface area contributed by atoms with Crippen LogP contribution in [0.2, 0.25) is 0 Å². The summed E-state index contributed by atoms with van der Waals surface area (Å²) in [5.41, 5.74) is 0. The van der Waals surface area contributed by atoms with E-state index in [9.17, 15) is 0 Å². The number of nitrogens with one attached hydrogen (secondary N) is 2. The molecule has 96 valence electrons. The van der Waals surface area contributed by atoms with Crippen LogP contribution in [0.25, 0.3) is 0 Å². The van der Waals surface area contributed by atoms with Crippen molar-refractivity contribution in [3.05, 3.63) is 0 Å². The van der Waals surface area contributed by atoms with Gasteiger partial charge in [-0.3, -0.25) is 0 Å². The van der Waals surface area contributed by atoms with E-state index in [1.807, 2.05) is 0 Å². The van der Waals surface area contributed by atoms with Crippen LogP contribution in [0.3, 0.4) is 0 Å². The van der Waals surface area contributed by atoms with E-state index in [1.54, 1.807) is 0 Å². The molecule has 0 amide bonds. The number of nitrogens with zero attached hydrogens (tertiary/aromatic N) is 1. The highest BCUT2D eigenvalue weighted by atomic mass is 15.1. The largest absolute Gasteiger partial charge is 0.317 e. The van der Waals surface area contributed by atoms with Crippen molar-refractivity contribution in [3.63, 3.8) is 0 Å². The minimum Gasteiger partial charge on any atom is -0.317 e. The second kappa shape index (κ2) is 8.04. The zero-order valence-electron chi connectivity index (χ0n) is 11.3. The summed E-state index contributed by atoms with van der Waals surface area (Å²) in [6, 6.07) is 0.760. The van der Waals surface area contributed by atoms with Gasteiger partial charge >= 0.3 is 0 Å². The lowest BCUT2D eigenvalue weighted by molar-refractivity contribution is 0.199. The molecule has 1 aliphatic rings. The van der Waals surface area contributed by atoms with Crippen molar-refractivity contribution < 1.29 is 0 Å². The van der Waals surface area contributed by atoms with Crippen molar-refractivity contribution in [2.45, 2.75) is 39.2 Å². The van der Waals surface area contributed by atoms with Crippen LogP contribution in [0.15, 0.2) is 0 Å². The molecule has 1 rings (SSSR count). The first-order valence-electron chi connectivity index (χ1n) is 6.82. The molecule has 0 atom stereocenters. The minimum atomic E-state index is 0.760. The van der Waals surface area contributed by atoms with E-state index in [4.69, 9.17) is 0 Å². The summed E-state index contributed by atoms with van der Waals surface area (Å²) in [4.78, 5) is 2.60. The standard InChI is InChI=1S/C13H29N3/c1-12(2)11-15-7-4-8-16-9-5-13(14-3)6-10-16/h12-15H,4-11H2,1-3H3. The van der Waals surface area contributed by atoms with Gasteiger partial charge in [0.1, 0.15) is 0 Å². The zero-order chi connectivity index (χ0) is 11.8. The first kappa shape index (κ1) is 13.9. The Balaban J connectivity index is 1.94. The average molecular weight is 227 g/mol.